The fourth-order valence-electron chi connectivity index (χ4n) is 2.76. The maximum atomic E-state index is 12.6. The second kappa shape index (κ2) is 6.83. The molecule has 0 saturated carbocycles. The number of rotatable bonds is 4. The number of halogens is 3. The zero-order valence-corrected chi connectivity index (χ0v) is 13.7. The molecule has 132 valence electrons. The Morgan fingerprint density at radius 2 is 1.88 bits per heavy atom. The topological polar surface area (TPSA) is 58.2 Å². The molecule has 0 spiro atoms. The first-order valence-corrected chi connectivity index (χ1v) is 7.82. The van der Waals surface area contributed by atoms with Gasteiger partial charge in [-0.15, -0.1) is 0 Å². The molecule has 1 aliphatic rings. The van der Waals surface area contributed by atoms with Gasteiger partial charge in [-0.1, -0.05) is 12.1 Å². The van der Waals surface area contributed by atoms with Crippen molar-refractivity contribution in [3.05, 3.63) is 35.4 Å². The fourth-order valence-corrected chi connectivity index (χ4v) is 2.76. The van der Waals surface area contributed by atoms with Gasteiger partial charge >= 0.3 is 6.18 Å². The van der Waals surface area contributed by atoms with Gasteiger partial charge < -0.3 is 10.6 Å². The molecule has 1 aromatic rings. The molecule has 2 rings (SSSR count). The first-order chi connectivity index (χ1) is 11.1. The highest BCUT2D eigenvalue weighted by Gasteiger charge is 2.31. The van der Waals surface area contributed by atoms with Crippen LogP contribution in [0.4, 0.5) is 13.2 Å². The highest BCUT2D eigenvalue weighted by atomic mass is 19.4. The predicted octanol–water partition coefficient (Wildman–Crippen LogP) is 2.67. The van der Waals surface area contributed by atoms with Gasteiger partial charge in [-0.2, -0.15) is 13.2 Å². The molecule has 1 saturated heterocycles. The molecule has 1 aliphatic heterocycles. The van der Waals surface area contributed by atoms with Crippen molar-refractivity contribution in [1.82, 2.24) is 10.6 Å². The summed E-state index contributed by atoms with van der Waals surface area (Å²) in [5.74, 6) is -0.468. The van der Waals surface area contributed by atoms with E-state index in [-0.39, 0.29) is 17.7 Å². The van der Waals surface area contributed by atoms with Crippen molar-refractivity contribution < 1.29 is 22.8 Å². The molecule has 1 atom stereocenters. The highest BCUT2D eigenvalue weighted by Crippen LogP contribution is 2.29. The zero-order valence-electron chi connectivity index (χ0n) is 13.7. The first kappa shape index (κ1) is 18.3. The number of benzene rings is 1. The minimum absolute atomic E-state index is 0.0527. The first-order valence-electron chi connectivity index (χ1n) is 7.82. The number of alkyl halides is 3. The molecule has 2 amide bonds. The molecule has 0 aromatic heterocycles. The van der Waals surface area contributed by atoms with Crippen molar-refractivity contribution >= 4 is 11.8 Å². The maximum absolute atomic E-state index is 12.6. The van der Waals surface area contributed by atoms with Crippen LogP contribution in [0.5, 0.6) is 0 Å². The second-order valence-corrected chi connectivity index (χ2v) is 6.78. The van der Waals surface area contributed by atoms with Gasteiger partial charge in [0.1, 0.15) is 0 Å². The van der Waals surface area contributed by atoms with Crippen LogP contribution in [0.25, 0.3) is 0 Å². The van der Waals surface area contributed by atoms with Crippen molar-refractivity contribution in [3.63, 3.8) is 0 Å². The van der Waals surface area contributed by atoms with E-state index >= 15 is 0 Å². The summed E-state index contributed by atoms with van der Waals surface area (Å²) in [6, 6.07) is 4.95. The predicted molar refractivity (Wildman–Crippen MR) is 83.1 cm³/mol. The SMILES string of the molecule is CC(C)(Cc1ccc(C(F)(F)F)cc1)NC(=O)[C@H]1CCC(=O)NC1. The van der Waals surface area contributed by atoms with Crippen molar-refractivity contribution in [3.8, 4) is 0 Å². The van der Waals surface area contributed by atoms with Crippen LogP contribution in [0.1, 0.15) is 37.8 Å². The van der Waals surface area contributed by atoms with Crippen LogP contribution in [0.2, 0.25) is 0 Å². The molecule has 1 aromatic carbocycles. The summed E-state index contributed by atoms with van der Waals surface area (Å²) in [5, 5.41) is 5.58. The van der Waals surface area contributed by atoms with E-state index in [2.05, 4.69) is 10.6 Å². The number of hydrogen-bond donors (Lipinski definition) is 2. The van der Waals surface area contributed by atoms with Gasteiger partial charge in [0, 0.05) is 18.5 Å². The van der Waals surface area contributed by atoms with E-state index in [1.807, 2.05) is 13.8 Å². The number of nitrogens with one attached hydrogen (secondary N) is 2. The number of piperidine rings is 1. The van der Waals surface area contributed by atoms with Crippen LogP contribution < -0.4 is 10.6 Å². The largest absolute Gasteiger partial charge is 0.416 e. The number of hydrogen-bond acceptors (Lipinski definition) is 2. The Morgan fingerprint density at radius 1 is 1.25 bits per heavy atom. The Hall–Kier alpha value is -2.05. The number of amides is 2. The third-order valence-corrected chi connectivity index (χ3v) is 4.03. The van der Waals surface area contributed by atoms with Crippen LogP contribution in [-0.2, 0) is 22.2 Å². The minimum Gasteiger partial charge on any atom is -0.355 e. The highest BCUT2D eigenvalue weighted by molar-refractivity contribution is 5.84. The Balaban J connectivity index is 1.95. The molecule has 0 unspecified atom stereocenters. The van der Waals surface area contributed by atoms with E-state index in [0.29, 0.717) is 31.4 Å². The van der Waals surface area contributed by atoms with E-state index < -0.39 is 17.3 Å². The molecule has 4 nitrogen and oxygen atoms in total. The average Bonchev–Trinajstić information content (AvgIpc) is 2.46. The maximum Gasteiger partial charge on any atom is 0.416 e. The molecule has 0 bridgehead atoms. The second-order valence-electron chi connectivity index (χ2n) is 6.78. The molecule has 0 aliphatic carbocycles. The summed E-state index contributed by atoms with van der Waals surface area (Å²) >= 11 is 0. The van der Waals surface area contributed by atoms with Gasteiger partial charge in [0.2, 0.25) is 11.8 Å². The Labute approximate surface area is 138 Å². The van der Waals surface area contributed by atoms with Crippen LogP contribution in [0.3, 0.4) is 0 Å². The van der Waals surface area contributed by atoms with Crippen LogP contribution >= 0.6 is 0 Å². The van der Waals surface area contributed by atoms with E-state index in [0.717, 1.165) is 12.1 Å². The lowest BCUT2D eigenvalue weighted by molar-refractivity contribution is -0.137. The van der Waals surface area contributed by atoms with Gasteiger partial charge in [0.25, 0.3) is 0 Å². The molecule has 0 radical (unpaired) electrons. The lowest BCUT2D eigenvalue weighted by Gasteiger charge is -2.30. The van der Waals surface area contributed by atoms with Crippen LogP contribution in [0.15, 0.2) is 24.3 Å². The van der Waals surface area contributed by atoms with E-state index in [1.54, 1.807) is 0 Å². The molecule has 2 N–H and O–H groups in total. The Morgan fingerprint density at radius 3 is 2.38 bits per heavy atom. The van der Waals surface area contributed by atoms with Gasteiger partial charge in [-0.05, 0) is 44.4 Å². The fraction of sp³-hybridized carbons (Fsp3) is 0.529. The lowest BCUT2D eigenvalue weighted by atomic mass is 9.92. The van der Waals surface area contributed by atoms with E-state index in [4.69, 9.17) is 0 Å². The van der Waals surface area contributed by atoms with E-state index in [9.17, 15) is 22.8 Å². The zero-order chi connectivity index (χ0) is 18.0. The smallest absolute Gasteiger partial charge is 0.355 e. The minimum atomic E-state index is -4.35. The quantitative estimate of drug-likeness (QED) is 0.884. The summed E-state index contributed by atoms with van der Waals surface area (Å²) in [4.78, 5) is 23.4. The molecule has 1 fully saturated rings. The summed E-state index contributed by atoms with van der Waals surface area (Å²) < 4.78 is 37.7. The summed E-state index contributed by atoms with van der Waals surface area (Å²) in [5.41, 5.74) is -0.575. The summed E-state index contributed by atoms with van der Waals surface area (Å²) in [6.07, 6.45) is -3.10. The third-order valence-electron chi connectivity index (χ3n) is 4.03. The number of carbonyl (C=O) groups is 2. The molecular formula is C17H21F3N2O2. The van der Waals surface area contributed by atoms with E-state index in [1.165, 1.54) is 12.1 Å². The number of carbonyl (C=O) groups excluding carboxylic acids is 2. The van der Waals surface area contributed by atoms with Crippen molar-refractivity contribution in [1.29, 1.82) is 0 Å². The Bertz CT molecular complexity index is 599. The van der Waals surface area contributed by atoms with Crippen molar-refractivity contribution in [2.45, 2.75) is 44.8 Å². The van der Waals surface area contributed by atoms with Crippen molar-refractivity contribution in [2.75, 3.05) is 6.54 Å². The molecular weight excluding hydrogens is 321 g/mol. The molecule has 7 heteroatoms. The Kier molecular flexibility index (Phi) is 5.20. The van der Waals surface area contributed by atoms with Crippen molar-refractivity contribution in [2.24, 2.45) is 5.92 Å². The van der Waals surface area contributed by atoms with Gasteiger partial charge in [0.05, 0.1) is 11.5 Å². The van der Waals surface area contributed by atoms with Gasteiger partial charge in [-0.3, -0.25) is 9.59 Å². The normalized spacial score (nSPS) is 18.9. The molecule has 1 heterocycles. The molecule has 24 heavy (non-hydrogen) atoms. The third kappa shape index (κ3) is 4.97. The summed E-state index contributed by atoms with van der Waals surface area (Å²) in [7, 11) is 0. The van der Waals surface area contributed by atoms with Crippen LogP contribution in [0, 0.1) is 5.92 Å². The van der Waals surface area contributed by atoms with Gasteiger partial charge in [-0.25, -0.2) is 0 Å². The standard InChI is InChI=1S/C17H21F3N2O2/c1-16(2,22-15(24)12-5-8-14(23)21-10-12)9-11-3-6-13(7-4-11)17(18,19)20/h3-4,6-7,12H,5,8-10H2,1-2H3,(H,21,23)(H,22,24)/t12-/m0/s1. The van der Waals surface area contributed by atoms with Gasteiger partial charge in [0.15, 0.2) is 0 Å². The monoisotopic (exact) mass is 342 g/mol. The average molecular weight is 342 g/mol. The summed E-state index contributed by atoms with van der Waals surface area (Å²) in [6.45, 7) is 3.97. The lowest BCUT2D eigenvalue weighted by Crippen LogP contribution is -2.51. The van der Waals surface area contributed by atoms with Crippen LogP contribution in [-0.4, -0.2) is 23.9 Å².